The number of rotatable bonds is 6. The van der Waals surface area contributed by atoms with Crippen molar-refractivity contribution in [3.8, 4) is 17.2 Å². The normalized spacial score (nSPS) is 11.3. The summed E-state index contributed by atoms with van der Waals surface area (Å²) in [6, 6.07) is 10.7. The van der Waals surface area contributed by atoms with E-state index in [-0.39, 0.29) is 16.6 Å². The van der Waals surface area contributed by atoms with Crippen LogP contribution in [0.25, 0.3) is 0 Å². The highest BCUT2D eigenvalue weighted by Gasteiger charge is 2.11. The molecule has 0 aliphatic heterocycles. The molecule has 2 aromatic carbocycles. The minimum atomic E-state index is -3.27. The highest BCUT2D eigenvalue weighted by Crippen LogP contribution is 2.28. The van der Waals surface area contributed by atoms with Crippen molar-refractivity contribution in [1.82, 2.24) is 0 Å². The van der Waals surface area contributed by atoms with Crippen molar-refractivity contribution in [2.24, 2.45) is 5.73 Å². The summed E-state index contributed by atoms with van der Waals surface area (Å²) in [6.45, 7) is 3.72. The van der Waals surface area contributed by atoms with Crippen molar-refractivity contribution >= 4 is 15.7 Å². The van der Waals surface area contributed by atoms with E-state index in [0.717, 1.165) is 6.26 Å². The Kier molecular flexibility index (Phi) is 5.14. The zero-order valence-electron chi connectivity index (χ0n) is 13.6. The third-order valence-electron chi connectivity index (χ3n) is 3.02. The smallest absolute Gasteiger partial charge is 0.248 e. The maximum Gasteiger partial charge on any atom is 0.248 e. The first-order chi connectivity index (χ1) is 11.1. The van der Waals surface area contributed by atoms with Crippen LogP contribution < -0.4 is 15.2 Å². The molecule has 128 valence electrons. The van der Waals surface area contributed by atoms with Crippen LogP contribution in [0.15, 0.2) is 47.4 Å². The fourth-order valence-electron chi connectivity index (χ4n) is 2.00. The van der Waals surface area contributed by atoms with Gasteiger partial charge in [-0.25, -0.2) is 8.42 Å². The zero-order chi connectivity index (χ0) is 17.9. The molecule has 2 rings (SSSR count). The number of hydrogen-bond acceptors (Lipinski definition) is 5. The summed E-state index contributed by atoms with van der Waals surface area (Å²) >= 11 is 0. The highest BCUT2D eigenvalue weighted by atomic mass is 32.2. The maximum absolute atomic E-state index is 11.5. The molecule has 0 aliphatic rings. The lowest BCUT2D eigenvalue weighted by Crippen LogP contribution is -2.12. The topological polar surface area (TPSA) is 95.7 Å². The van der Waals surface area contributed by atoms with Gasteiger partial charge in [0.1, 0.15) is 17.2 Å². The second-order valence-electron chi connectivity index (χ2n) is 5.57. The van der Waals surface area contributed by atoms with Crippen LogP contribution >= 0.6 is 0 Å². The van der Waals surface area contributed by atoms with Gasteiger partial charge in [0.2, 0.25) is 5.91 Å². The average Bonchev–Trinajstić information content (AvgIpc) is 2.45. The number of primary amides is 1. The Labute approximate surface area is 141 Å². The molecule has 2 N–H and O–H groups in total. The predicted molar refractivity (Wildman–Crippen MR) is 90.3 cm³/mol. The SMILES string of the molecule is CC(C)Oc1cc(Oc2ccc(S(C)(=O)=O)cc2)cc(C(N)=O)c1. The van der Waals surface area contributed by atoms with E-state index in [1.54, 1.807) is 12.1 Å². The molecule has 0 saturated heterocycles. The number of amides is 1. The van der Waals surface area contributed by atoms with E-state index < -0.39 is 15.7 Å². The second-order valence-corrected chi connectivity index (χ2v) is 7.59. The van der Waals surface area contributed by atoms with Gasteiger partial charge in [0.25, 0.3) is 0 Å². The van der Waals surface area contributed by atoms with Gasteiger partial charge >= 0.3 is 0 Å². The number of nitrogens with two attached hydrogens (primary N) is 1. The number of sulfone groups is 1. The molecular formula is C17H19NO5S. The lowest BCUT2D eigenvalue weighted by atomic mass is 10.2. The molecule has 0 saturated carbocycles. The molecule has 6 nitrogen and oxygen atoms in total. The van der Waals surface area contributed by atoms with Crippen LogP contribution in [-0.2, 0) is 9.84 Å². The van der Waals surface area contributed by atoms with Crippen molar-refractivity contribution in [1.29, 1.82) is 0 Å². The van der Waals surface area contributed by atoms with Crippen LogP contribution in [0, 0.1) is 0 Å². The van der Waals surface area contributed by atoms with Gasteiger partial charge in [0.15, 0.2) is 9.84 Å². The van der Waals surface area contributed by atoms with E-state index in [9.17, 15) is 13.2 Å². The molecule has 7 heteroatoms. The summed E-state index contributed by atoms with van der Waals surface area (Å²) in [5, 5.41) is 0. The predicted octanol–water partition coefficient (Wildman–Crippen LogP) is 2.77. The standard InChI is InChI=1S/C17H19NO5S/c1-11(2)22-14-8-12(17(18)19)9-15(10-14)23-13-4-6-16(7-5-13)24(3,20)21/h4-11H,1-3H3,(H2,18,19). The van der Waals surface area contributed by atoms with Gasteiger partial charge in [0.05, 0.1) is 11.0 Å². The van der Waals surface area contributed by atoms with E-state index in [2.05, 4.69) is 0 Å². The average molecular weight is 349 g/mol. The van der Waals surface area contributed by atoms with E-state index in [4.69, 9.17) is 15.2 Å². The van der Waals surface area contributed by atoms with Gasteiger partial charge in [-0.15, -0.1) is 0 Å². The summed E-state index contributed by atoms with van der Waals surface area (Å²) in [5.74, 6) is 0.666. The van der Waals surface area contributed by atoms with Gasteiger partial charge in [-0.1, -0.05) is 0 Å². The maximum atomic E-state index is 11.5. The molecule has 0 aromatic heterocycles. The molecule has 1 amide bonds. The van der Waals surface area contributed by atoms with Crippen LogP contribution in [0.4, 0.5) is 0 Å². The van der Waals surface area contributed by atoms with Crippen LogP contribution in [0.3, 0.4) is 0 Å². The Morgan fingerprint density at radius 3 is 2.08 bits per heavy atom. The Morgan fingerprint density at radius 2 is 1.58 bits per heavy atom. The van der Waals surface area contributed by atoms with E-state index in [1.165, 1.54) is 30.3 Å². The first-order valence-electron chi connectivity index (χ1n) is 7.24. The van der Waals surface area contributed by atoms with Crippen LogP contribution in [0.2, 0.25) is 0 Å². The van der Waals surface area contributed by atoms with Gasteiger partial charge in [0, 0.05) is 17.9 Å². The number of carbonyl (C=O) groups excluding carboxylic acids is 1. The number of hydrogen-bond donors (Lipinski definition) is 1. The fourth-order valence-corrected chi connectivity index (χ4v) is 2.63. The summed E-state index contributed by atoms with van der Waals surface area (Å²) in [4.78, 5) is 11.6. The van der Waals surface area contributed by atoms with Crippen molar-refractivity contribution < 1.29 is 22.7 Å². The van der Waals surface area contributed by atoms with E-state index in [1.807, 2.05) is 13.8 Å². The Morgan fingerprint density at radius 1 is 1.00 bits per heavy atom. The summed E-state index contributed by atoms with van der Waals surface area (Å²) in [7, 11) is -3.27. The van der Waals surface area contributed by atoms with Crippen LogP contribution in [-0.4, -0.2) is 26.7 Å². The molecule has 0 heterocycles. The molecule has 24 heavy (non-hydrogen) atoms. The molecule has 0 fully saturated rings. The Bertz CT molecular complexity index is 842. The second kappa shape index (κ2) is 6.92. The molecule has 0 aliphatic carbocycles. The molecule has 0 atom stereocenters. The third-order valence-corrected chi connectivity index (χ3v) is 4.15. The summed E-state index contributed by atoms with van der Waals surface area (Å²) in [5.41, 5.74) is 5.59. The van der Waals surface area contributed by atoms with Gasteiger partial charge in [-0.3, -0.25) is 4.79 Å². The summed E-state index contributed by atoms with van der Waals surface area (Å²) in [6.07, 6.45) is 1.06. The van der Waals surface area contributed by atoms with Crippen molar-refractivity contribution in [2.75, 3.05) is 6.26 Å². The lowest BCUT2D eigenvalue weighted by molar-refractivity contribution is 0.0999. The van der Waals surface area contributed by atoms with Crippen LogP contribution in [0.5, 0.6) is 17.2 Å². The monoisotopic (exact) mass is 349 g/mol. The fraction of sp³-hybridized carbons (Fsp3) is 0.235. The van der Waals surface area contributed by atoms with Crippen molar-refractivity contribution in [2.45, 2.75) is 24.8 Å². The Hall–Kier alpha value is -2.54. The lowest BCUT2D eigenvalue weighted by Gasteiger charge is -2.13. The first kappa shape index (κ1) is 17.8. The quantitative estimate of drug-likeness (QED) is 0.865. The number of carbonyl (C=O) groups is 1. The van der Waals surface area contributed by atoms with E-state index in [0.29, 0.717) is 17.2 Å². The molecule has 0 radical (unpaired) electrons. The molecule has 2 aromatic rings. The van der Waals surface area contributed by atoms with E-state index >= 15 is 0 Å². The minimum Gasteiger partial charge on any atom is -0.491 e. The number of benzene rings is 2. The first-order valence-corrected chi connectivity index (χ1v) is 9.14. The van der Waals surface area contributed by atoms with Crippen molar-refractivity contribution in [3.63, 3.8) is 0 Å². The molecule has 0 bridgehead atoms. The van der Waals surface area contributed by atoms with Gasteiger partial charge in [-0.2, -0.15) is 0 Å². The minimum absolute atomic E-state index is 0.0741. The van der Waals surface area contributed by atoms with Crippen molar-refractivity contribution in [3.05, 3.63) is 48.0 Å². The highest BCUT2D eigenvalue weighted by molar-refractivity contribution is 7.90. The summed E-state index contributed by atoms with van der Waals surface area (Å²) < 4.78 is 34.2. The third kappa shape index (κ3) is 4.73. The molecule has 0 unspecified atom stereocenters. The molecule has 0 spiro atoms. The van der Waals surface area contributed by atoms with Crippen LogP contribution in [0.1, 0.15) is 24.2 Å². The molecular weight excluding hydrogens is 330 g/mol. The number of ether oxygens (including phenoxy) is 2. The van der Waals surface area contributed by atoms with Gasteiger partial charge in [-0.05, 0) is 50.2 Å². The van der Waals surface area contributed by atoms with Gasteiger partial charge < -0.3 is 15.2 Å². The largest absolute Gasteiger partial charge is 0.491 e. The zero-order valence-corrected chi connectivity index (χ0v) is 14.5. The Balaban J connectivity index is 2.31.